The molecule has 0 bridgehead atoms. The summed E-state index contributed by atoms with van der Waals surface area (Å²) in [5.74, 6) is -0.210. The first-order valence-corrected chi connectivity index (χ1v) is 5.96. The summed E-state index contributed by atoms with van der Waals surface area (Å²) < 4.78 is 13.3. The topological polar surface area (TPSA) is 29.3 Å². The highest BCUT2D eigenvalue weighted by molar-refractivity contribution is 5.68. The molecule has 0 aromatic heterocycles. The first kappa shape index (κ1) is 11.2. The number of nitrogen functional groups attached to an aromatic ring is 1. The Kier molecular flexibility index (Phi) is 3.03. The molecule has 2 N–H and O–H groups in total. The molecule has 0 saturated carbocycles. The third kappa shape index (κ3) is 1.86. The molecule has 2 atom stereocenters. The molecule has 1 aromatic carbocycles. The molecule has 16 heavy (non-hydrogen) atoms. The fraction of sp³-hybridized carbons (Fsp3) is 0.538. The van der Waals surface area contributed by atoms with E-state index in [0.717, 1.165) is 18.5 Å². The number of anilines is 2. The van der Waals surface area contributed by atoms with Gasteiger partial charge in [-0.3, -0.25) is 0 Å². The molecule has 0 amide bonds. The number of nitrogens with two attached hydrogens (primary N) is 1. The van der Waals surface area contributed by atoms with Crippen LogP contribution in [-0.4, -0.2) is 12.1 Å². The number of nitrogens with zero attached hydrogens (tertiary/aromatic N) is 1. The van der Waals surface area contributed by atoms with Crippen LogP contribution in [0.15, 0.2) is 18.2 Å². The SMILES string of the molecule is CCC1CCC(C)N1c1cc(F)ccc1N. The summed E-state index contributed by atoms with van der Waals surface area (Å²) in [6.07, 6.45) is 3.42. The summed E-state index contributed by atoms with van der Waals surface area (Å²) >= 11 is 0. The lowest BCUT2D eigenvalue weighted by Crippen LogP contribution is -2.34. The van der Waals surface area contributed by atoms with Crippen LogP contribution in [-0.2, 0) is 0 Å². The van der Waals surface area contributed by atoms with Crippen molar-refractivity contribution in [3.8, 4) is 0 Å². The summed E-state index contributed by atoms with van der Waals surface area (Å²) in [5.41, 5.74) is 7.47. The molecule has 1 saturated heterocycles. The maximum atomic E-state index is 13.3. The molecule has 2 rings (SSSR count). The third-order valence-electron chi connectivity index (χ3n) is 3.53. The fourth-order valence-corrected chi connectivity index (χ4v) is 2.65. The van der Waals surface area contributed by atoms with Gasteiger partial charge in [0, 0.05) is 12.1 Å². The van der Waals surface area contributed by atoms with E-state index in [-0.39, 0.29) is 5.82 Å². The van der Waals surface area contributed by atoms with Crippen molar-refractivity contribution in [2.75, 3.05) is 10.6 Å². The molecular formula is C13H19FN2. The Morgan fingerprint density at radius 1 is 1.44 bits per heavy atom. The second-order valence-corrected chi connectivity index (χ2v) is 4.60. The number of rotatable bonds is 2. The number of halogens is 1. The molecule has 1 aromatic rings. The van der Waals surface area contributed by atoms with Crippen LogP contribution in [0.1, 0.15) is 33.1 Å². The third-order valence-corrected chi connectivity index (χ3v) is 3.53. The van der Waals surface area contributed by atoms with Gasteiger partial charge in [-0.15, -0.1) is 0 Å². The molecule has 1 heterocycles. The van der Waals surface area contributed by atoms with Crippen molar-refractivity contribution in [2.24, 2.45) is 0 Å². The van der Waals surface area contributed by atoms with Crippen molar-refractivity contribution < 1.29 is 4.39 Å². The highest BCUT2D eigenvalue weighted by Gasteiger charge is 2.30. The first-order chi connectivity index (χ1) is 7.63. The van der Waals surface area contributed by atoms with Crippen LogP contribution in [0.3, 0.4) is 0 Å². The smallest absolute Gasteiger partial charge is 0.125 e. The van der Waals surface area contributed by atoms with Crippen molar-refractivity contribution in [1.82, 2.24) is 0 Å². The van der Waals surface area contributed by atoms with Gasteiger partial charge >= 0.3 is 0 Å². The quantitative estimate of drug-likeness (QED) is 0.779. The molecule has 2 nitrogen and oxygen atoms in total. The zero-order valence-corrected chi connectivity index (χ0v) is 9.91. The Bertz CT molecular complexity index is 378. The van der Waals surface area contributed by atoms with E-state index in [1.54, 1.807) is 12.1 Å². The number of hydrogen-bond acceptors (Lipinski definition) is 2. The van der Waals surface area contributed by atoms with Crippen molar-refractivity contribution in [3.63, 3.8) is 0 Å². The normalized spacial score (nSPS) is 25.1. The Hall–Kier alpha value is -1.25. The fourth-order valence-electron chi connectivity index (χ4n) is 2.65. The van der Waals surface area contributed by atoms with E-state index in [9.17, 15) is 4.39 Å². The Labute approximate surface area is 96.2 Å². The van der Waals surface area contributed by atoms with Gasteiger partial charge < -0.3 is 10.6 Å². The molecule has 0 aliphatic carbocycles. The molecule has 88 valence electrons. The minimum atomic E-state index is -0.210. The highest BCUT2D eigenvalue weighted by Crippen LogP contribution is 2.35. The van der Waals surface area contributed by atoms with Crippen LogP contribution in [0.25, 0.3) is 0 Å². The average molecular weight is 222 g/mol. The van der Waals surface area contributed by atoms with Gasteiger partial charge in [0.2, 0.25) is 0 Å². The van der Waals surface area contributed by atoms with Gasteiger partial charge in [0.15, 0.2) is 0 Å². The minimum absolute atomic E-state index is 0.210. The second-order valence-electron chi connectivity index (χ2n) is 4.60. The van der Waals surface area contributed by atoms with Gasteiger partial charge in [-0.25, -0.2) is 4.39 Å². The van der Waals surface area contributed by atoms with Crippen LogP contribution in [0.4, 0.5) is 15.8 Å². The van der Waals surface area contributed by atoms with E-state index in [1.807, 2.05) is 0 Å². The Morgan fingerprint density at radius 2 is 2.19 bits per heavy atom. The predicted octanol–water partition coefficient (Wildman–Crippen LogP) is 3.18. The van der Waals surface area contributed by atoms with Crippen molar-refractivity contribution >= 4 is 11.4 Å². The molecule has 3 heteroatoms. The number of benzene rings is 1. The second kappa shape index (κ2) is 4.32. The summed E-state index contributed by atoms with van der Waals surface area (Å²) in [7, 11) is 0. The molecule has 2 unspecified atom stereocenters. The highest BCUT2D eigenvalue weighted by atomic mass is 19.1. The van der Waals surface area contributed by atoms with E-state index < -0.39 is 0 Å². The summed E-state index contributed by atoms with van der Waals surface area (Å²) in [5, 5.41) is 0. The summed E-state index contributed by atoms with van der Waals surface area (Å²) in [4.78, 5) is 2.28. The Balaban J connectivity index is 2.37. The van der Waals surface area contributed by atoms with E-state index in [4.69, 9.17) is 5.73 Å². The Morgan fingerprint density at radius 3 is 2.88 bits per heavy atom. The lowest BCUT2D eigenvalue weighted by atomic mass is 10.1. The predicted molar refractivity (Wildman–Crippen MR) is 66.1 cm³/mol. The molecule has 1 fully saturated rings. The molecule has 0 radical (unpaired) electrons. The van der Waals surface area contributed by atoms with Gasteiger partial charge in [0.05, 0.1) is 11.4 Å². The maximum Gasteiger partial charge on any atom is 0.125 e. The first-order valence-electron chi connectivity index (χ1n) is 5.96. The molecule has 1 aliphatic heterocycles. The van der Waals surface area contributed by atoms with E-state index in [1.165, 1.54) is 12.5 Å². The molecule has 0 spiro atoms. The standard InChI is InChI=1S/C13H19FN2/c1-3-11-6-4-9(2)16(11)13-8-10(14)5-7-12(13)15/h5,7-9,11H,3-4,6,15H2,1-2H3. The minimum Gasteiger partial charge on any atom is -0.397 e. The van der Waals surface area contributed by atoms with Crippen LogP contribution < -0.4 is 10.6 Å². The van der Waals surface area contributed by atoms with Gasteiger partial charge in [-0.2, -0.15) is 0 Å². The monoisotopic (exact) mass is 222 g/mol. The van der Waals surface area contributed by atoms with Gasteiger partial charge in [-0.1, -0.05) is 6.92 Å². The van der Waals surface area contributed by atoms with E-state index in [2.05, 4.69) is 18.7 Å². The zero-order chi connectivity index (χ0) is 11.7. The summed E-state index contributed by atoms with van der Waals surface area (Å²) in [6, 6.07) is 5.58. The lowest BCUT2D eigenvalue weighted by Gasteiger charge is -2.31. The van der Waals surface area contributed by atoms with Crippen LogP contribution in [0.2, 0.25) is 0 Å². The van der Waals surface area contributed by atoms with Gasteiger partial charge in [0.25, 0.3) is 0 Å². The van der Waals surface area contributed by atoms with Crippen LogP contribution in [0, 0.1) is 5.82 Å². The van der Waals surface area contributed by atoms with Crippen LogP contribution >= 0.6 is 0 Å². The summed E-state index contributed by atoms with van der Waals surface area (Å²) in [6.45, 7) is 4.35. The average Bonchev–Trinajstić information content (AvgIpc) is 2.63. The van der Waals surface area contributed by atoms with Crippen LogP contribution in [0.5, 0.6) is 0 Å². The molecular weight excluding hydrogens is 203 g/mol. The zero-order valence-electron chi connectivity index (χ0n) is 9.91. The van der Waals surface area contributed by atoms with Crippen molar-refractivity contribution in [3.05, 3.63) is 24.0 Å². The molecule has 1 aliphatic rings. The van der Waals surface area contributed by atoms with E-state index in [0.29, 0.717) is 17.8 Å². The maximum absolute atomic E-state index is 13.3. The van der Waals surface area contributed by atoms with Gasteiger partial charge in [0.1, 0.15) is 5.82 Å². The van der Waals surface area contributed by atoms with Crippen molar-refractivity contribution in [1.29, 1.82) is 0 Å². The lowest BCUT2D eigenvalue weighted by molar-refractivity contribution is 0.611. The largest absolute Gasteiger partial charge is 0.397 e. The van der Waals surface area contributed by atoms with E-state index >= 15 is 0 Å². The number of hydrogen-bond donors (Lipinski definition) is 1. The van der Waals surface area contributed by atoms with Crippen molar-refractivity contribution in [2.45, 2.75) is 45.2 Å². The van der Waals surface area contributed by atoms with Gasteiger partial charge in [-0.05, 0) is 44.4 Å².